The average molecular weight is 200 g/mol. The zero-order chi connectivity index (χ0) is 9.42. The van der Waals surface area contributed by atoms with Crippen LogP contribution in [0.15, 0.2) is 6.07 Å². The highest BCUT2D eigenvalue weighted by atomic mass is 35.5. The van der Waals surface area contributed by atoms with Gasteiger partial charge in [0.1, 0.15) is 5.15 Å². The van der Waals surface area contributed by atoms with E-state index in [1.54, 1.807) is 6.07 Å². The first kappa shape index (κ1) is 8.63. The van der Waals surface area contributed by atoms with Gasteiger partial charge >= 0.3 is 5.97 Å². The predicted molar refractivity (Wildman–Crippen MR) is 49.1 cm³/mol. The van der Waals surface area contributed by atoms with Gasteiger partial charge in [-0.15, -0.1) is 0 Å². The van der Waals surface area contributed by atoms with Gasteiger partial charge in [-0.2, -0.15) is 0 Å². The fourth-order valence-electron chi connectivity index (χ4n) is 1.76. The van der Waals surface area contributed by atoms with E-state index in [2.05, 4.69) is 4.74 Å². The number of fused-ring (bicyclic) bond motifs is 1. The third-order valence-electron chi connectivity index (χ3n) is 2.36. The monoisotopic (exact) mass is 199 g/mol. The molecular formula is C9H10ClNO2. The maximum absolute atomic E-state index is 11.3. The summed E-state index contributed by atoms with van der Waals surface area (Å²) in [6.45, 7) is 0.908. The number of hydrogen-bond donors (Lipinski definition) is 0. The van der Waals surface area contributed by atoms with Gasteiger partial charge in [0, 0.05) is 12.2 Å². The van der Waals surface area contributed by atoms with Gasteiger partial charge in [-0.1, -0.05) is 11.6 Å². The van der Waals surface area contributed by atoms with E-state index in [1.165, 1.54) is 7.11 Å². The van der Waals surface area contributed by atoms with Crippen molar-refractivity contribution in [2.45, 2.75) is 19.4 Å². The molecule has 0 unspecified atom stereocenters. The molecule has 0 saturated heterocycles. The Morgan fingerprint density at radius 3 is 3.15 bits per heavy atom. The zero-order valence-corrected chi connectivity index (χ0v) is 8.10. The number of halogens is 1. The maximum atomic E-state index is 11.3. The summed E-state index contributed by atoms with van der Waals surface area (Å²) in [4.78, 5) is 11.3. The summed E-state index contributed by atoms with van der Waals surface area (Å²) >= 11 is 5.95. The highest BCUT2D eigenvalue weighted by Crippen LogP contribution is 2.27. The van der Waals surface area contributed by atoms with E-state index in [-0.39, 0.29) is 5.97 Å². The number of carbonyl (C=O) groups is 1. The first-order chi connectivity index (χ1) is 6.24. The summed E-state index contributed by atoms with van der Waals surface area (Å²) in [7, 11) is 1.38. The molecule has 0 spiro atoms. The van der Waals surface area contributed by atoms with Gasteiger partial charge in [0.05, 0.1) is 12.7 Å². The van der Waals surface area contributed by atoms with Crippen LogP contribution in [-0.4, -0.2) is 17.6 Å². The molecule has 0 bridgehead atoms. The zero-order valence-electron chi connectivity index (χ0n) is 7.34. The number of rotatable bonds is 1. The lowest BCUT2D eigenvalue weighted by Gasteiger charge is -1.99. The molecule has 2 rings (SSSR count). The molecule has 0 atom stereocenters. The largest absolute Gasteiger partial charge is 0.465 e. The second kappa shape index (κ2) is 3.07. The maximum Gasteiger partial charge on any atom is 0.339 e. The second-order valence-corrected chi connectivity index (χ2v) is 3.46. The molecule has 1 aliphatic heterocycles. The van der Waals surface area contributed by atoms with E-state index < -0.39 is 0 Å². The van der Waals surface area contributed by atoms with Crippen LogP contribution < -0.4 is 0 Å². The van der Waals surface area contributed by atoms with Crippen LogP contribution in [0.1, 0.15) is 22.5 Å². The van der Waals surface area contributed by atoms with Crippen molar-refractivity contribution in [2.75, 3.05) is 7.11 Å². The third-order valence-corrected chi connectivity index (χ3v) is 2.67. The Kier molecular flexibility index (Phi) is 2.04. The van der Waals surface area contributed by atoms with Crippen LogP contribution >= 0.6 is 11.6 Å². The Hall–Kier alpha value is -0.960. The lowest BCUT2D eigenvalue weighted by molar-refractivity contribution is 0.0599. The van der Waals surface area contributed by atoms with Gasteiger partial charge in [-0.25, -0.2) is 4.79 Å². The quantitative estimate of drug-likeness (QED) is 0.647. The van der Waals surface area contributed by atoms with Crippen LogP contribution in [0, 0.1) is 0 Å². The summed E-state index contributed by atoms with van der Waals surface area (Å²) in [6, 6.07) is 1.68. The highest BCUT2D eigenvalue weighted by Gasteiger charge is 2.22. The average Bonchev–Trinajstić information content (AvgIpc) is 2.68. The second-order valence-electron chi connectivity index (χ2n) is 3.07. The summed E-state index contributed by atoms with van der Waals surface area (Å²) in [5, 5.41) is 0.632. The number of hydrogen-bond acceptors (Lipinski definition) is 2. The molecule has 3 nitrogen and oxygen atoms in total. The van der Waals surface area contributed by atoms with Crippen molar-refractivity contribution in [3.8, 4) is 0 Å². The SMILES string of the molecule is COC(=O)c1cc(Cl)n2c1CCC2. The van der Waals surface area contributed by atoms with E-state index in [1.807, 2.05) is 4.57 Å². The van der Waals surface area contributed by atoms with E-state index in [9.17, 15) is 4.79 Å². The lowest BCUT2D eigenvalue weighted by atomic mass is 10.2. The van der Waals surface area contributed by atoms with Gasteiger partial charge in [-0.3, -0.25) is 0 Å². The van der Waals surface area contributed by atoms with Crippen LogP contribution in [-0.2, 0) is 17.7 Å². The van der Waals surface area contributed by atoms with Crippen molar-refractivity contribution in [2.24, 2.45) is 0 Å². The van der Waals surface area contributed by atoms with E-state index in [0.717, 1.165) is 25.1 Å². The Morgan fingerprint density at radius 1 is 1.69 bits per heavy atom. The minimum absolute atomic E-state index is 0.294. The molecule has 1 aromatic heterocycles. The van der Waals surface area contributed by atoms with Crippen LogP contribution in [0.3, 0.4) is 0 Å². The fourth-order valence-corrected chi connectivity index (χ4v) is 2.05. The molecule has 0 amide bonds. The molecule has 0 saturated carbocycles. The Labute approximate surface area is 81.2 Å². The Balaban J connectivity index is 2.48. The Bertz CT molecular complexity index is 357. The van der Waals surface area contributed by atoms with E-state index >= 15 is 0 Å². The molecule has 0 radical (unpaired) electrons. The molecule has 4 heteroatoms. The van der Waals surface area contributed by atoms with E-state index in [0.29, 0.717) is 10.7 Å². The van der Waals surface area contributed by atoms with Crippen molar-refractivity contribution in [3.63, 3.8) is 0 Å². The van der Waals surface area contributed by atoms with Gasteiger partial charge < -0.3 is 9.30 Å². The number of ether oxygens (including phenoxy) is 1. The van der Waals surface area contributed by atoms with Crippen molar-refractivity contribution in [3.05, 3.63) is 22.5 Å². The van der Waals surface area contributed by atoms with Crippen LogP contribution in [0.5, 0.6) is 0 Å². The summed E-state index contributed by atoms with van der Waals surface area (Å²) < 4.78 is 6.63. The molecule has 1 aliphatic rings. The van der Waals surface area contributed by atoms with Crippen LogP contribution in [0.25, 0.3) is 0 Å². The standard InChI is InChI=1S/C9H10ClNO2/c1-13-9(12)6-5-8(10)11-4-2-3-7(6)11/h5H,2-4H2,1H3. The number of esters is 1. The highest BCUT2D eigenvalue weighted by molar-refractivity contribution is 6.30. The van der Waals surface area contributed by atoms with Gasteiger partial charge in [0.25, 0.3) is 0 Å². The van der Waals surface area contributed by atoms with Crippen LogP contribution in [0.4, 0.5) is 0 Å². The normalized spacial score (nSPS) is 14.3. The summed E-state index contributed by atoms with van der Waals surface area (Å²) in [5.41, 5.74) is 1.63. The molecule has 0 aromatic carbocycles. The molecule has 1 aromatic rings. The van der Waals surface area contributed by atoms with Gasteiger partial charge in [0.2, 0.25) is 0 Å². The third kappa shape index (κ3) is 1.23. The molecule has 0 N–H and O–H groups in total. The van der Waals surface area contributed by atoms with Crippen molar-refractivity contribution in [1.29, 1.82) is 0 Å². The smallest absolute Gasteiger partial charge is 0.339 e. The molecular weight excluding hydrogens is 190 g/mol. The molecule has 70 valence electrons. The molecule has 0 fully saturated rings. The van der Waals surface area contributed by atoms with Gasteiger partial charge in [0.15, 0.2) is 0 Å². The van der Waals surface area contributed by atoms with Crippen LogP contribution in [0.2, 0.25) is 5.15 Å². The number of carbonyl (C=O) groups excluding carboxylic acids is 1. The number of methoxy groups -OCH3 is 1. The number of aromatic nitrogens is 1. The minimum Gasteiger partial charge on any atom is -0.465 e. The molecule has 2 heterocycles. The predicted octanol–water partition coefficient (Wildman–Crippen LogP) is 1.87. The van der Waals surface area contributed by atoms with Crippen molar-refractivity contribution in [1.82, 2.24) is 4.57 Å². The first-order valence-electron chi connectivity index (χ1n) is 4.20. The fraction of sp³-hybridized carbons (Fsp3) is 0.444. The first-order valence-corrected chi connectivity index (χ1v) is 4.58. The minimum atomic E-state index is -0.294. The Morgan fingerprint density at radius 2 is 2.46 bits per heavy atom. The van der Waals surface area contributed by atoms with Crippen molar-refractivity contribution < 1.29 is 9.53 Å². The lowest BCUT2D eigenvalue weighted by Crippen LogP contribution is -2.03. The van der Waals surface area contributed by atoms with Crippen molar-refractivity contribution >= 4 is 17.6 Å². The molecule has 0 aliphatic carbocycles. The summed E-state index contributed by atoms with van der Waals surface area (Å²) in [6.07, 6.45) is 1.97. The van der Waals surface area contributed by atoms with Gasteiger partial charge in [-0.05, 0) is 18.9 Å². The summed E-state index contributed by atoms with van der Waals surface area (Å²) in [5.74, 6) is -0.294. The van der Waals surface area contributed by atoms with E-state index in [4.69, 9.17) is 11.6 Å². The topological polar surface area (TPSA) is 31.2 Å². The molecule has 13 heavy (non-hydrogen) atoms. The number of nitrogens with zero attached hydrogens (tertiary/aromatic N) is 1.